The molecule has 2 aromatic heterocycles. The van der Waals surface area contributed by atoms with Gasteiger partial charge in [0.25, 0.3) is 0 Å². The lowest BCUT2D eigenvalue weighted by atomic mass is 10.1. The van der Waals surface area contributed by atoms with Gasteiger partial charge in [0.1, 0.15) is 0 Å². The smallest absolute Gasteiger partial charge is 0.155 e. The van der Waals surface area contributed by atoms with E-state index in [-0.39, 0.29) is 5.54 Å². The van der Waals surface area contributed by atoms with Crippen molar-refractivity contribution in [3.63, 3.8) is 0 Å². The maximum absolute atomic E-state index is 5.92. The lowest BCUT2D eigenvalue weighted by Gasteiger charge is -2.20. The summed E-state index contributed by atoms with van der Waals surface area (Å²) in [5.74, 6) is 0. The van der Waals surface area contributed by atoms with Gasteiger partial charge in [-0.05, 0) is 20.8 Å². The molecule has 2 heterocycles. The molecule has 0 fully saturated rings. The molecule has 5 heteroatoms. The van der Waals surface area contributed by atoms with E-state index in [1.165, 1.54) is 0 Å². The molecule has 0 aliphatic heterocycles. The van der Waals surface area contributed by atoms with Crippen LogP contribution in [0.3, 0.4) is 0 Å². The number of nitrogens with zero attached hydrogens (tertiary/aromatic N) is 3. The van der Waals surface area contributed by atoms with Crippen molar-refractivity contribution in [3.05, 3.63) is 36.3 Å². The zero-order chi connectivity index (χ0) is 13.3. The first kappa shape index (κ1) is 12.6. The molecule has 0 amide bonds. The molecule has 2 aromatic rings. The van der Waals surface area contributed by atoms with Crippen LogP contribution >= 0.6 is 0 Å². The molecule has 18 heavy (non-hydrogen) atoms. The summed E-state index contributed by atoms with van der Waals surface area (Å²) >= 11 is 0. The van der Waals surface area contributed by atoms with E-state index >= 15 is 0 Å². The minimum absolute atomic E-state index is 0.275. The van der Waals surface area contributed by atoms with Crippen LogP contribution < -0.4 is 11.1 Å². The highest BCUT2D eigenvalue weighted by atomic mass is 15.2. The lowest BCUT2D eigenvalue weighted by Crippen LogP contribution is -2.42. The van der Waals surface area contributed by atoms with Crippen molar-refractivity contribution in [2.75, 3.05) is 6.54 Å². The number of nitrogens with two attached hydrogens (primary N) is 1. The number of fused-ring (bicyclic) bond motifs is 1. The van der Waals surface area contributed by atoms with Gasteiger partial charge < -0.3 is 11.1 Å². The Bertz CT molecular complexity index is 577. The summed E-state index contributed by atoms with van der Waals surface area (Å²) in [6, 6.07) is 1.93. The Balaban J connectivity index is 2.17. The molecule has 0 unspecified atom stereocenters. The fourth-order valence-corrected chi connectivity index (χ4v) is 1.59. The van der Waals surface area contributed by atoms with Gasteiger partial charge in [-0.25, -0.2) is 9.50 Å². The van der Waals surface area contributed by atoms with E-state index in [0.29, 0.717) is 6.54 Å². The molecule has 3 N–H and O–H groups in total. The first-order chi connectivity index (χ1) is 8.35. The Morgan fingerprint density at radius 1 is 1.56 bits per heavy atom. The summed E-state index contributed by atoms with van der Waals surface area (Å²) < 4.78 is 1.76. The Labute approximate surface area is 107 Å². The second-order valence-electron chi connectivity index (χ2n) is 5.25. The van der Waals surface area contributed by atoms with Gasteiger partial charge in [-0.3, -0.25) is 0 Å². The zero-order valence-electron chi connectivity index (χ0n) is 11.1. The Morgan fingerprint density at radius 2 is 2.28 bits per heavy atom. The molecule has 96 valence electrons. The Hall–Kier alpha value is -1.88. The van der Waals surface area contributed by atoms with E-state index in [2.05, 4.69) is 22.0 Å². The van der Waals surface area contributed by atoms with Gasteiger partial charge >= 0.3 is 0 Å². The van der Waals surface area contributed by atoms with Crippen LogP contribution in [0, 0.1) is 6.92 Å². The molecule has 0 aromatic carbocycles. The van der Waals surface area contributed by atoms with Crippen molar-refractivity contribution in [2.45, 2.75) is 26.3 Å². The van der Waals surface area contributed by atoms with Crippen molar-refractivity contribution >= 4 is 11.3 Å². The van der Waals surface area contributed by atoms with Gasteiger partial charge in [0, 0.05) is 41.8 Å². The monoisotopic (exact) mass is 245 g/mol. The number of hydrogen-bond donors (Lipinski definition) is 2. The number of nitrogens with one attached hydrogen (secondary N) is 1. The standard InChI is InChI=1S/C13H19N5/c1-9-5-12-15-6-11(7-18(12)17-9)10(2)16-8-13(3,4)14/h5-7,16H,2,8,14H2,1,3-4H3. The third-order valence-corrected chi connectivity index (χ3v) is 2.54. The van der Waals surface area contributed by atoms with Crippen LogP contribution in [0.5, 0.6) is 0 Å². The minimum Gasteiger partial charge on any atom is -0.383 e. The van der Waals surface area contributed by atoms with E-state index in [4.69, 9.17) is 5.73 Å². The highest BCUT2D eigenvalue weighted by molar-refractivity contribution is 5.61. The largest absolute Gasteiger partial charge is 0.383 e. The van der Waals surface area contributed by atoms with Crippen LogP contribution in [-0.2, 0) is 0 Å². The molecule has 0 aliphatic carbocycles. The van der Waals surface area contributed by atoms with Crippen molar-refractivity contribution in [2.24, 2.45) is 5.73 Å². The second-order valence-corrected chi connectivity index (χ2v) is 5.25. The first-order valence-corrected chi connectivity index (χ1v) is 5.89. The van der Waals surface area contributed by atoms with Gasteiger partial charge in [0.2, 0.25) is 0 Å². The number of aryl methyl sites for hydroxylation is 1. The molecule has 0 aliphatic rings. The summed E-state index contributed by atoms with van der Waals surface area (Å²) in [6.45, 7) is 10.5. The molecule has 2 rings (SSSR count). The summed E-state index contributed by atoms with van der Waals surface area (Å²) in [7, 11) is 0. The fourth-order valence-electron chi connectivity index (χ4n) is 1.59. The topological polar surface area (TPSA) is 68.2 Å². The predicted molar refractivity (Wildman–Crippen MR) is 73.0 cm³/mol. The highest BCUT2D eigenvalue weighted by Crippen LogP contribution is 2.11. The average molecular weight is 245 g/mol. The molecule has 0 saturated carbocycles. The Morgan fingerprint density at radius 3 is 2.94 bits per heavy atom. The van der Waals surface area contributed by atoms with Crippen molar-refractivity contribution < 1.29 is 0 Å². The van der Waals surface area contributed by atoms with Crippen molar-refractivity contribution in [3.8, 4) is 0 Å². The van der Waals surface area contributed by atoms with Crippen LogP contribution in [0.1, 0.15) is 25.1 Å². The Kier molecular flexibility index (Phi) is 3.09. The summed E-state index contributed by atoms with van der Waals surface area (Å²) in [6.07, 6.45) is 3.70. The average Bonchev–Trinajstić information content (AvgIpc) is 2.63. The summed E-state index contributed by atoms with van der Waals surface area (Å²) in [5, 5.41) is 7.54. The van der Waals surface area contributed by atoms with E-state index in [0.717, 1.165) is 22.6 Å². The molecule has 0 atom stereocenters. The van der Waals surface area contributed by atoms with E-state index in [1.54, 1.807) is 10.7 Å². The predicted octanol–water partition coefficient (Wildman–Crippen LogP) is 1.34. The van der Waals surface area contributed by atoms with E-state index in [1.807, 2.05) is 33.0 Å². The minimum atomic E-state index is -0.275. The van der Waals surface area contributed by atoms with Crippen LogP contribution in [-0.4, -0.2) is 26.7 Å². The van der Waals surface area contributed by atoms with Crippen LogP contribution in [0.15, 0.2) is 25.0 Å². The number of hydrogen-bond acceptors (Lipinski definition) is 4. The van der Waals surface area contributed by atoms with Gasteiger partial charge in [0.15, 0.2) is 5.65 Å². The van der Waals surface area contributed by atoms with Gasteiger partial charge in [-0.15, -0.1) is 0 Å². The third kappa shape index (κ3) is 2.87. The van der Waals surface area contributed by atoms with E-state index in [9.17, 15) is 0 Å². The maximum Gasteiger partial charge on any atom is 0.155 e. The molecular formula is C13H19N5. The zero-order valence-corrected chi connectivity index (χ0v) is 11.1. The van der Waals surface area contributed by atoms with Crippen LogP contribution in [0.4, 0.5) is 0 Å². The maximum atomic E-state index is 5.92. The van der Waals surface area contributed by atoms with E-state index < -0.39 is 0 Å². The lowest BCUT2D eigenvalue weighted by molar-refractivity contribution is 0.504. The normalized spacial score (nSPS) is 11.8. The van der Waals surface area contributed by atoms with Gasteiger partial charge in [0.05, 0.1) is 5.69 Å². The van der Waals surface area contributed by atoms with Crippen molar-refractivity contribution in [1.82, 2.24) is 19.9 Å². The quantitative estimate of drug-likeness (QED) is 0.853. The van der Waals surface area contributed by atoms with Crippen LogP contribution in [0.25, 0.3) is 11.3 Å². The van der Waals surface area contributed by atoms with Gasteiger partial charge in [-0.1, -0.05) is 6.58 Å². The molecule has 0 radical (unpaired) electrons. The first-order valence-electron chi connectivity index (χ1n) is 5.89. The highest BCUT2D eigenvalue weighted by Gasteiger charge is 2.11. The summed E-state index contributed by atoms with van der Waals surface area (Å²) in [4.78, 5) is 4.34. The molecule has 0 saturated heterocycles. The SMILES string of the molecule is C=C(NCC(C)(C)N)c1cnc2cc(C)nn2c1. The third-order valence-electron chi connectivity index (χ3n) is 2.54. The number of rotatable bonds is 4. The second kappa shape index (κ2) is 4.42. The molecule has 0 bridgehead atoms. The van der Waals surface area contributed by atoms with Crippen molar-refractivity contribution in [1.29, 1.82) is 0 Å². The fraction of sp³-hybridized carbons (Fsp3) is 0.385. The number of aromatic nitrogens is 3. The molecular weight excluding hydrogens is 226 g/mol. The van der Waals surface area contributed by atoms with Gasteiger partial charge in [-0.2, -0.15) is 5.10 Å². The van der Waals surface area contributed by atoms with Crippen LogP contribution in [0.2, 0.25) is 0 Å². The summed E-state index contributed by atoms with van der Waals surface area (Å²) in [5.41, 5.74) is 9.14. The molecule has 5 nitrogen and oxygen atoms in total. The molecule has 0 spiro atoms.